The second-order valence-electron chi connectivity index (χ2n) is 7.49. The zero-order valence-corrected chi connectivity index (χ0v) is 18.7. The minimum Gasteiger partial charge on any atom is -0.508 e. The van der Waals surface area contributed by atoms with Crippen molar-refractivity contribution in [1.29, 1.82) is 0 Å². The Morgan fingerprint density at radius 3 is 2.25 bits per heavy atom. The van der Waals surface area contributed by atoms with Crippen LogP contribution in [0.1, 0.15) is 49.0 Å². The molecule has 0 bridgehead atoms. The van der Waals surface area contributed by atoms with Gasteiger partial charge in [-0.2, -0.15) is 0 Å². The fourth-order valence-electron chi connectivity index (χ4n) is 3.35. The van der Waals surface area contributed by atoms with Crippen LogP contribution in [0.4, 0.5) is 11.4 Å². The monoisotopic (exact) mass is 430 g/mol. The molecule has 0 aliphatic rings. The highest BCUT2D eigenvalue weighted by Crippen LogP contribution is 2.24. The molecule has 0 saturated heterocycles. The quantitative estimate of drug-likeness (QED) is 0.239. The summed E-state index contributed by atoms with van der Waals surface area (Å²) in [5.41, 5.74) is 3.44. The molecule has 166 valence electrons. The molecular weight excluding hydrogens is 400 g/mol. The molecule has 0 atom stereocenters. The fourth-order valence-corrected chi connectivity index (χ4v) is 3.35. The molecule has 0 unspecified atom stereocenters. The molecule has 32 heavy (non-hydrogen) atoms. The van der Waals surface area contributed by atoms with Crippen molar-refractivity contribution in [3.63, 3.8) is 0 Å². The first-order valence-electron chi connectivity index (χ1n) is 11.1. The van der Waals surface area contributed by atoms with Gasteiger partial charge >= 0.3 is 5.97 Å². The average Bonchev–Trinajstić information content (AvgIpc) is 2.82. The van der Waals surface area contributed by atoms with Crippen LogP contribution in [0.25, 0.3) is 0 Å². The maximum atomic E-state index is 12.0. The number of para-hydroxylation sites is 1. The lowest BCUT2D eigenvalue weighted by atomic mass is 10.1. The molecule has 0 radical (unpaired) electrons. The number of phenolic OH excluding ortho intramolecular Hbond substituents is 1. The Hall–Kier alpha value is -3.60. The van der Waals surface area contributed by atoms with E-state index in [9.17, 15) is 9.90 Å². The normalized spacial score (nSPS) is 11.2. The third kappa shape index (κ3) is 6.45. The van der Waals surface area contributed by atoms with Gasteiger partial charge in [-0.1, -0.05) is 43.7 Å². The molecule has 5 nitrogen and oxygen atoms in total. The molecule has 1 N–H and O–H groups in total. The van der Waals surface area contributed by atoms with Crippen molar-refractivity contribution in [2.45, 2.75) is 39.7 Å². The Bertz CT molecular complexity index is 1010. The van der Waals surface area contributed by atoms with Gasteiger partial charge in [0, 0.05) is 18.7 Å². The molecule has 5 heteroatoms. The molecule has 3 aromatic carbocycles. The summed E-state index contributed by atoms with van der Waals surface area (Å²) < 4.78 is 5.07. The van der Waals surface area contributed by atoms with Gasteiger partial charge in [-0.25, -0.2) is 9.79 Å². The number of benzene rings is 3. The largest absolute Gasteiger partial charge is 0.508 e. The number of carbonyl (C=O) groups is 1. The summed E-state index contributed by atoms with van der Waals surface area (Å²) in [5, 5.41) is 9.65. The van der Waals surface area contributed by atoms with Crippen molar-refractivity contribution in [2.24, 2.45) is 4.99 Å². The molecule has 0 aliphatic heterocycles. The second-order valence-corrected chi connectivity index (χ2v) is 7.49. The number of ether oxygens (including phenoxy) is 1. The van der Waals surface area contributed by atoms with Gasteiger partial charge in [0.05, 0.1) is 17.9 Å². The summed E-state index contributed by atoms with van der Waals surface area (Å²) in [5.74, 6) is 0.879. The predicted octanol–water partition coefficient (Wildman–Crippen LogP) is 6.50. The van der Waals surface area contributed by atoms with Crippen LogP contribution in [0.2, 0.25) is 0 Å². The van der Waals surface area contributed by atoms with Gasteiger partial charge in [-0.3, -0.25) is 0 Å². The minimum absolute atomic E-state index is 0.251. The number of hydrogen-bond acceptors (Lipinski definition) is 4. The van der Waals surface area contributed by atoms with Crippen LogP contribution in [-0.2, 0) is 11.3 Å². The van der Waals surface area contributed by atoms with Crippen LogP contribution < -0.4 is 4.90 Å². The maximum Gasteiger partial charge on any atom is 0.338 e. The number of amidine groups is 1. The number of carbonyl (C=O) groups excluding carboxylic acids is 1. The maximum absolute atomic E-state index is 12.0. The van der Waals surface area contributed by atoms with E-state index >= 15 is 0 Å². The highest BCUT2D eigenvalue weighted by Gasteiger charge is 2.15. The van der Waals surface area contributed by atoms with Crippen LogP contribution in [0, 0.1) is 0 Å². The van der Waals surface area contributed by atoms with Gasteiger partial charge in [0.2, 0.25) is 0 Å². The zero-order chi connectivity index (χ0) is 22.8. The van der Waals surface area contributed by atoms with E-state index in [0.717, 1.165) is 42.0 Å². The molecule has 0 spiro atoms. The Morgan fingerprint density at radius 1 is 0.938 bits per heavy atom. The molecule has 0 fully saturated rings. The third-order valence-corrected chi connectivity index (χ3v) is 5.05. The molecule has 0 aliphatic carbocycles. The molecule has 0 amide bonds. The van der Waals surface area contributed by atoms with E-state index in [2.05, 4.69) is 24.0 Å². The highest BCUT2D eigenvalue weighted by atomic mass is 16.5. The number of aromatic hydroxyl groups is 1. The molecule has 3 aromatic rings. The summed E-state index contributed by atoms with van der Waals surface area (Å²) >= 11 is 0. The predicted molar refractivity (Wildman–Crippen MR) is 130 cm³/mol. The first-order chi connectivity index (χ1) is 15.6. The number of aliphatic imine (C=N–C) groups is 1. The lowest BCUT2D eigenvalue weighted by Gasteiger charge is -2.27. The van der Waals surface area contributed by atoms with Gasteiger partial charge in [0.25, 0.3) is 0 Å². The summed E-state index contributed by atoms with van der Waals surface area (Å²) in [6.07, 6.45) is 2.89. The Balaban J connectivity index is 1.96. The van der Waals surface area contributed by atoms with E-state index in [1.54, 1.807) is 31.2 Å². The Kier molecular flexibility index (Phi) is 8.44. The number of unbranched alkanes of at least 4 members (excludes halogenated alkanes) is 1. The third-order valence-electron chi connectivity index (χ3n) is 5.05. The molecule has 0 aromatic heterocycles. The van der Waals surface area contributed by atoms with Crippen molar-refractivity contribution in [3.05, 3.63) is 90.0 Å². The SMILES string of the molecule is CCCCC(=Nc1ccc(C(=O)OCC)cc1)N(Cc1ccc(O)cc1)c1ccccc1. The van der Waals surface area contributed by atoms with Crippen molar-refractivity contribution in [1.82, 2.24) is 0 Å². The number of anilines is 1. The lowest BCUT2D eigenvalue weighted by molar-refractivity contribution is 0.0526. The van der Waals surface area contributed by atoms with Gasteiger partial charge in [-0.15, -0.1) is 0 Å². The molecule has 0 saturated carbocycles. The van der Waals surface area contributed by atoms with Crippen molar-refractivity contribution >= 4 is 23.2 Å². The van der Waals surface area contributed by atoms with E-state index < -0.39 is 0 Å². The summed E-state index contributed by atoms with van der Waals surface area (Å²) in [6, 6.07) is 24.6. The number of phenols is 1. The number of rotatable bonds is 9. The standard InChI is InChI=1S/C27H30N2O3/c1-3-5-11-26(28-23-16-14-22(15-17-23)27(31)32-4-2)29(24-9-7-6-8-10-24)20-21-12-18-25(30)19-13-21/h6-10,12-19,30H,3-5,11,20H2,1-2H3. The topological polar surface area (TPSA) is 62.1 Å². The summed E-state index contributed by atoms with van der Waals surface area (Å²) in [6.45, 7) is 4.94. The van der Waals surface area contributed by atoms with E-state index in [4.69, 9.17) is 9.73 Å². The van der Waals surface area contributed by atoms with Crippen LogP contribution in [0.5, 0.6) is 5.75 Å². The van der Waals surface area contributed by atoms with Crippen LogP contribution in [0.3, 0.4) is 0 Å². The Labute approximate surface area is 190 Å². The van der Waals surface area contributed by atoms with Crippen molar-refractivity contribution in [3.8, 4) is 5.75 Å². The van der Waals surface area contributed by atoms with Gasteiger partial charge < -0.3 is 14.7 Å². The van der Waals surface area contributed by atoms with E-state index in [1.165, 1.54) is 0 Å². The smallest absolute Gasteiger partial charge is 0.338 e. The fraction of sp³-hybridized carbons (Fsp3) is 0.259. The lowest BCUT2D eigenvalue weighted by Crippen LogP contribution is -2.30. The second kappa shape index (κ2) is 11.7. The van der Waals surface area contributed by atoms with Crippen LogP contribution >= 0.6 is 0 Å². The number of esters is 1. The molecular formula is C27H30N2O3. The summed E-state index contributed by atoms with van der Waals surface area (Å²) in [7, 11) is 0. The van der Waals surface area contributed by atoms with E-state index in [1.807, 2.05) is 42.5 Å². The van der Waals surface area contributed by atoms with Crippen LogP contribution in [0.15, 0.2) is 83.9 Å². The zero-order valence-electron chi connectivity index (χ0n) is 18.7. The van der Waals surface area contributed by atoms with E-state index in [0.29, 0.717) is 18.7 Å². The van der Waals surface area contributed by atoms with Gasteiger partial charge in [-0.05, 0) is 67.4 Å². The van der Waals surface area contributed by atoms with E-state index in [-0.39, 0.29) is 11.7 Å². The first kappa shape index (κ1) is 23.1. The molecule has 3 rings (SSSR count). The van der Waals surface area contributed by atoms with Crippen LogP contribution in [-0.4, -0.2) is 23.5 Å². The number of hydrogen-bond donors (Lipinski definition) is 1. The van der Waals surface area contributed by atoms with Crippen molar-refractivity contribution in [2.75, 3.05) is 11.5 Å². The minimum atomic E-state index is -0.326. The average molecular weight is 431 g/mol. The van der Waals surface area contributed by atoms with Gasteiger partial charge in [0.15, 0.2) is 0 Å². The number of nitrogens with zero attached hydrogens (tertiary/aromatic N) is 2. The summed E-state index contributed by atoms with van der Waals surface area (Å²) in [4.78, 5) is 19.1. The van der Waals surface area contributed by atoms with Crippen molar-refractivity contribution < 1.29 is 14.6 Å². The van der Waals surface area contributed by atoms with Gasteiger partial charge in [0.1, 0.15) is 11.6 Å². The Morgan fingerprint density at radius 2 is 1.62 bits per heavy atom. The highest BCUT2D eigenvalue weighted by molar-refractivity contribution is 5.99. The molecule has 0 heterocycles. The first-order valence-corrected chi connectivity index (χ1v) is 11.1.